The van der Waals surface area contributed by atoms with Gasteiger partial charge in [-0.3, -0.25) is 9.78 Å². The molecule has 2 heterocycles. The molecule has 0 saturated carbocycles. The average Bonchev–Trinajstić information content (AvgIpc) is 2.67. The van der Waals surface area contributed by atoms with Crippen LogP contribution in [-0.2, 0) is 11.0 Å². The molecule has 0 fully saturated rings. The van der Waals surface area contributed by atoms with Crippen molar-refractivity contribution < 1.29 is 23.1 Å². The van der Waals surface area contributed by atoms with Crippen LogP contribution in [0.2, 0.25) is 0 Å². The van der Waals surface area contributed by atoms with Crippen LogP contribution >= 0.6 is 0 Å². The summed E-state index contributed by atoms with van der Waals surface area (Å²) < 4.78 is 39.5. The van der Waals surface area contributed by atoms with Crippen molar-refractivity contribution >= 4 is 23.4 Å². The smallest absolute Gasteiger partial charge is 0.416 e. The van der Waals surface area contributed by atoms with Gasteiger partial charge in [-0.05, 0) is 36.8 Å². The summed E-state index contributed by atoms with van der Waals surface area (Å²) in [4.78, 5) is 23.1. The summed E-state index contributed by atoms with van der Waals surface area (Å²) in [5.74, 6) is -0.880. The monoisotopic (exact) mass is 403 g/mol. The van der Waals surface area contributed by atoms with Gasteiger partial charge in [-0.15, -0.1) is 0 Å². The number of carboxylic acids is 1. The summed E-state index contributed by atoms with van der Waals surface area (Å²) in [6, 6.07) is 8.80. The molecule has 29 heavy (non-hydrogen) atoms. The molecular formula is C19H16F3N5O2. The number of halogens is 3. The lowest BCUT2D eigenvalue weighted by molar-refractivity contribution is -0.138. The van der Waals surface area contributed by atoms with E-state index in [2.05, 4.69) is 25.6 Å². The molecule has 0 radical (unpaired) electrons. The molecule has 0 unspecified atom stereocenters. The first kappa shape index (κ1) is 20.1. The third-order valence-corrected chi connectivity index (χ3v) is 3.92. The number of nitrogens with one attached hydrogen (secondary N) is 2. The standard InChI is InChI=1S/C19H16F3N5O2/c1-11-2-3-13(8-14(11)19(20,21)22)25-16-9-15(12-4-6-23-7-5-12)26-18(27-16)24-10-17(28)29/h2-9H,10H2,1H3,(H,28,29)(H2,24,25,26,27). The van der Waals surface area contributed by atoms with Crippen molar-refractivity contribution in [1.82, 2.24) is 15.0 Å². The predicted octanol–water partition coefficient (Wildman–Crippen LogP) is 4.11. The van der Waals surface area contributed by atoms with Gasteiger partial charge in [0.25, 0.3) is 0 Å². The molecule has 0 amide bonds. The second-order valence-corrected chi connectivity index (χ2v) is 6.10. The minimum Gasteiger partial charge on any atom is -0.480 e. The molecule has 7 nitrogen and oxygen atoms in total. The molecule has 0 aliphatic rings. The number of aryl methyl sites for hydroxylation is 1. The summed E-state index contributed by atoms with van der Waals surface area (Å²) in [6.45, 7) is 0.967. The number of hydrogen-bond donors (Lipinski definition) is 3. The van der Waals surface area contributed by atoms with Gasteiger partial charge in [0, 0.05) is 29.7 Å². The molecular weight excluding hydrogens is 387 g/mol. The third-order valence-electron chi connectivity index (χ3n) is 3.92. The Labute approximate surface area is 163 Å². The van der Waals surface area contributed by atoms with E-state index in [1.54, 1.807) is 30.6 Å². The third kappa shape index (κ3) is 5.18. The van der Waals surface area contributed by atoms with E-state index in [1.807, 2.05) is 0 Å². The molecule has 1 aromatic carbocycles. The van der Waals surface area contributed by atoms with E-state index in [9.17, 15) is 18.0 Å². The number of nitrogens with zero attached hydrogens (tertiary/aromatic N) is 3. The molecule has 2 aromatic heterocycles. The molecule has 3 aromatic rings. The van der Waals surface area contributed by atoms with Gasteiger partial charge in [-0.25, -0.2) is 4.98 Å². The van der Waals surface area contributed by atoms with Crippen LogP contribution in [0.5, 0.6) is 0 Å². The van der Waals surface area contributed by atoms with Crippen molar-refractivity contribution in [3.8, 4) is 11.3 Å². The Kier molecular flexibility index (Phi) is 5.62. The second kappa shape index (κ2) is 8.13. The molecule has 150 valence electrons. The SMILES string of the molecule is Cc1ccc(Nc2cc(-c3ccncc3)nc(NCC(=O)O)n2)cc1C(F)(F)F. The molecule has 0 aliphatic heterocycles. The van der Waals surface area contributed by atoms with Crippen LogP contribution in [0.4, 0.5) is 30.6 Å². The average molecular weight is 403 g/mol. The number of anilines is 3. The molecule has 0 aliphatic carbocycles. The fourth-order valence-electron chi connectivity index (χ4n) is 2.57. The van der Waals surface area contributed by atoms with Crippen molar-refractivity contribution in [2.45, 2.75) is 13.1 Å². The van der Waals surface area contributed by atoms with Crippen LogP contribution in [0.25, 0.3) is 11.3 Å². The molecule has 3 rings (SSSR count). The second-order valence-electron chi connectivity index (χ2n) is 6.10. The van der Waals surface area contributed by atoms with Crippen LogP contribution in [0.3, 0.4) is 0 Å². The number of rotatable bonds is 6. The largest absolute Gasteiger partial charge is 0.480 e. The van der Waals surface area contributed by atoms with Gasteiger partial charge < -0.3 is 15.7 Å². The molecule has 10 heteroatoms. The van der Waals surface area contributed by atoms with E-state index >= 15 is 0 Å². The van der Waals surface area contributed by atoms with Gasteiger partial charge in [0.1, 0.15) is 12.4 Å². The normalized spacial score (nSPS) is 11.2. The summed E-state index contributed by atoms with van der Waals surface area (Å²) in [5, 5.41) is 14.2. The quantitative estimate of drug-likeness (QED) is 0.570. The van der Waals surface area contributed by atoms with Gasteiger partial charge in [0.05, 0.1) is 11.3 Å². The highest BCUT2D eigenvalue weighted by Gasteiger charge is 2.32. The number of aromatic nitrogens is 3. The van der Waals surface area contributed by atoms with E-state index in [-0.39, 0.29) is 23.0 Å². The minimum atomic E-state index is -4.48. The highest BCUT2D eigenvalue weighted by Crippen LogP contribution is 2.34. The topological polar surface area (TPSA) is 100 Å². The van der Waals surface area contributed by atoms with E-state index in [0.717, 1.165) is 6.07 Å². The lowest BCUT2D eigenvalue weighted by atomic mass is 10.1. The van der Waals surface area contributed by atoms with Crippen LogP contribution in [0.15, 0.2) is 48.8 Å². The van der Waals surface area contributed by atoms with Crippen molar-refractivity contribution in [1.29, 1.82) is 0 Å². The number of benzene rings is 1. The fourth-order valence-corrected chi connectivity index (χ4v) is 2.57. The van der Waals surface area contributed by atoms with Crippen LogP contribution in [0, 0.1) is 6.92 Å². The minimum absolute atomic E-state index is 0.0207. The van der Waals surface area contributed by atoms with Gasteiger partial charge in [0.15, 0.2) is 0 Å². The lowest BCUT2D eigenvalue weighted by Gasteiger charge is -2.14. The lowest BCUT2D eigenvalue weighted by Crippen LogP contribution is -2.15. The van der Waals surface area contributed by atoms with Gasteiger partial charge in [0.2, 0.25) is 5.95 Å². The number of alkyl halides is 3. The Morgan fingerprint density at radius 1 is 1.10 bits per heavy atom. The maximum atomic E-state index is 13.2. The number of hydrogen-bond acceptors (Lipinski definition) is 6. The molecule has 3 N–H and O–H groups in total. The van der Waals surface area contributed by atoms with Gasteiger partial charge in [-0.1, -0.05) is 6.07 Å². The maximum absolute atomic E-state index is 13.2. The zero-order chi connectivity index (χ0) is 21.0. The predicted molar refractivity (Wildman–Crippen MR) is 101 cm³/mol. The molecule has 0 saturated heterocycles. The first-order valence-corrected chi connectivity index (χ1v) is 8.42. The molecule has 0 bridgehead atoms. The number of pyridine rings is 1. The van der Waals surface area contributed by atoms with Crippen molar-refractivity contribution in [2.24, 2.45) is 0 Å². The highest BCUT2D eigenvalue weighted by molar-refractivity contribution is 5.73. The van der Waals surface area contributed by atoms with Gasteiger partial charge in [-0.2, -0.15) is 18.2 Å². The molecule has 0 spiro atoms. The van der Waals surface area contributed by atoms with Crippen molar-refractivity contribution in [3.63, 3.8) is 0 Å². The summed E-state index contributed by atoms with van der Waals surface area (Å²) >= 11 is 0. The zero-order valence-electron chi connectivity index (χ0n) is 15.2. The van der Waals surface area contributed by atoms with E-state index in [4.69, 9.17) is 5.11 Å². The van der Waals surface area contributed by atoms with E-state index < -0.39 is 24.3 Å². The maximum Gasteiger partial charge on any atom is 0.416 e. The first-order valence-electron chi connectivity index (χ1n) is 8.42. The summed E-state index contributed by atoms with van der Waals surface area (Å²) in [7, 11) is 0. The van der Waals surface area contributed by atoms with Crippen LogP contribution in [-0.4, -0.2) is 32.6 Å². The molecule has 0 atom stereocenters. The Morgan fingerprint density at radius 3 is 2.48 bits per heavy atom. The number of carboxylic acid groups (broad SMARTS) is 1. The summed E-state index contributed by atoms with van der Waals surface area (Å²) in [5.41, 5.74) is 0.665. The van der Waals surface area contributed by atoms with Crippen LogP contribution < -0.4 is 10.6 Å². The van der Waals surface area contributed by atoms with Crippen LogP contribution in [0.1, 0.15) is 11.1 Å². The fraction of sp³-hybridized carbons (Fsp3) is 0.158. The Bertz CT molecular complexity index is 1030. The first-order chi connectivity index (χ1) is 13.7. The zero-order valence-corrected chi connectivity index (χ0v) is 15.2. The van der Waals surface area contributed by atoms with Crippen molar-refractivity contribution in [2.75, 3.05) is 17.2 Å². The Hall–Kier alpha value is -3.69. The van der Waals surface area contributed by atoms with Gasteiger partial charge >= 0.3 is 12.1 Å². The Morgan fingerprint density at radius 2 is 1.83 bits per heavy atom. The number of aliphatic carboxylic acids is 1. The van der Waals surface area contributed by atoms with E-state index in [1.165, 1.54) is 19.1 Å². The summed E-state index contributed by atoms with van der Waals surface area (Å²) in [6.07, 6.45) is -1.36. The number of carbonyl (C=O) groups is 1. The highest BCUT2D eigenvalue weighted by atomic mass is 19.4. The van der Waals surface area contributed by atoms with E-state index in [0.29, 0.717) is 11.3 Å². The Balaban J connectivity index is 1.98. The van der Waals surface area contributed by atoms with Crippen molar-refractivity contribution in [3.05, 3.63) is 59.9 Å².